The summed E-state index contributed by atoms with van der Waals surface area (Å²) < 4.78 is 12.8. The summed E-state index contributed by atoms with van der Waals surface area (Å²) in [6, 6.07) is 7.93. The lowest BCUT2D eigenvalue weighted by Crippen LogP contribution is -2.30. The molecule has 166 valence electrons. The molecule has 1 saturated heterocycles. The van der Waals surface area contributed by atoms with Crippen molar-refractivity contribution in [2.75, 3.05) is 31.8 Å². The molecule has 2 N–H and O–H groups in total. The van der Waals surface area contributed by atoms with Gasteiger partial charge < -0.3 is 20.1 Å². The van der Waals surface area contributed by atoms with E-state index in [0.29, 0.717) is 25.0 Å². The summed E-state index contributed by atoms with van der Waals surface area (Å²) in [5, 5.41) is 4.30. The molecular weight excluding hydrogens is 398 g/mol. The van der Waals surface area contributed by atoms with E-state index in [4.69, 9.17) is 15.2 Å². The number of fused-ring (bicyclic) bond motifs is 2. The third-order valence-corrected chi connectivity index (χ3v) is 6.12. The number of nitrogens with two attached hydrogens (primary N) is 1. The van der Waals surface area contributed by atoms with Crippen molar-refractivity contribution < 1.29 is 19.1 Å². The number of benzene rings is 1. The largest absolute Gasteiger partial charge is 0.491 e. The number of aromatic nitrogens is 3. The van der Waals surface area contributed by atoms with Crippen LogP contribution in [0.5, 0.6) is 5.75 Å². The predicted octanol–water partition coefficient (Wildman–Crippen LogP) is 2.11. The van der Waals surface area contributed by atoms with Crippen LogP contribution in [0.4, 0.5) is 5.69 Å². The van der Waals surface area contributed by atoms with E-state index in [-0.39, 0.29) is 11.7 Å². The van der Waals surface area contributed by atoms with Crippen molar-refractivity contribution >= 4 is 17.5 Å². The Bertz CT molecular complexity index is 938. The van der Waals surface area contributed by atoms with Crippen molar-refractivity contribution in [1.29, 1.82) is 0 Å². The van der Waals surface area contributed by atoms with Gasteiger partial charge in [-0.05, 0) is 43.7 Å². The minimum atomic E-state index is -0.539. The number of carbonyl (C=O) groups excluding carboxylic acids is 2. The van der Waals surface area contributed by atoms with E-state index in [2.05, 4.69) is 10.1 Å². The Morgan fingerprint density at radius 1 is 1.13 bits per heavy atom. The Morgan fingerprint density at radius 2 is 1.90 bits per heavy atom. The van der Waals surface area contributed by atoms with Crippen LogP contribution in [0.1, 0.15) is 54.6 Å². The van der Waals surface area contributed by atoms with E-state index in [0.717, 1.165) is 62.6 Å². The molecule has 0 radical (unpaired) electrons. The number of nitrogens with zero attached hydrogens (tertiary/aromatic N) is 4. The monoisotopic (exact) mass is 427 g/mol. The van der Waals surface area contributed by atoms with Crippen molar-refractivity contribution in [2.45, 2.75) is 44.6 Å². The first-order chi connectivity index (χ1) is 15.0. The molecule has 3 aliphatic heterocycles. The summed E-state index contributed by atoms with van der Waals surface area (Å²) in [5.74, 6) is 2.00. The number of hydrogen-bond donors (Lipinski definition) is 1. The maximum Gasteiger partial charge on any atom is 0.288 e. The molecule has 2 amide bonds. The highest BCUT2D eigenvalue weighted by molar-refractivity contribution is 5.95. The summed E-state index contributed by atoms with van der Waals surface area (Å²) in [6.45, 7) is 2.13. The second-order valence-corrected chi connectivity index (χ2v) is 8.09. The number of amides is 2. The molecule has 1 aromatic carbocycles. The van der Waals surface area contributed by atoms with Gasteiger partial charge in [-0.3, -0.25) is 9.59 Å². The van der Waals surface area contributed by atoms with Gasteiger partial charge in [-0.2, -0.15) is 0 Å². The average molecular weight is 428 g/mol. The lowest BCUT2D eigenvalue weighted by Gasteiger charge is -2.33. The van der Waals surface area contributed by atoms with Gasteiger partial charge in [0.1, 0.15) is 11.6 Å². The normalized spacial score (nSPS) is 21.1. The van der Waals surface area contributed by atoms with Gasteiger partial charge in [0.25, 0.3) is 5.91 Å². The predicted molar refractivity (Wildman–Crippen MR) is 114 cm³/mol. The van der Waals surface area contributed by atoms with Crippen molar-refractivity contribution in [3.63, 3.8) is 0 Å². The Labute approximate surface area is 181 Å². The fraction of sp³-hybridized carbons (Fsp3) is 0.545. The number of hydrogen-bond acceptors (Lipinski definition) is 6. The Hall–Kier alpha value is -2.94. The number of ether oxygens (including phenoxy) is 2. The Balaban J connectivity index is 0.000000158. The van der Waals surface area contributed by atoms with Gasteiger partial charge in [-0.15, -0.1) is 5.10 Å². The lowest BCUT2D eigenvalue weighted by molar-refractivity contribution is -0.118. The minimum Gasteiger partial charge on any atom is -0.491 e. The summed E-state index contributed by atoms with van der Waals surface area (Å²) in [5.41, 5.74) is 6.10. The van der Waals surface area contributed by atoms with E-state index >= 15 is 0 Å². The molecule has 1 aromatic heterocycles. The number of anilines is 1. The molecule has 3 aliphatic rings. The summed E-state index contributed by atoms with van der Waals surface area (Å²) in [4.78, 5) is 28.5. The van der Waals surface area contributed by atoms with Crippen molar-refractivity contribution in [2.24, 2.45) is 11.7 Å². The van der Waals surface area contributed by atoms with Crippen molar-refractivity contribution in [1.82, 2.24) is 14.8 Å². The molecule has 2 aromatic rings. The second-order valence-electron chi connectivity index (χ2n) is 8.09. The molecule has 31 heavy (non-hydrogen) atoms. The average Bonchev–Trinajstić information content (AvgIpc) is 3.19. The maximum atomic E-state index is 11.4. The zero-order chi connectivity index (χ0) is 21.8. The Kier molecular flexibility index (Phi) is 6.50. The van der Waals surface area contributed by atoms with Gasteiger partial charge in [0.2, 0.25) is 11.7 Å². The van der Waals surface area contributed by atoms with Crippen LogP contribution in [-0.4, -0.2) is 53.4 Å². The fourth-order valence-corrected chi connectivity index (χ4v) is 4.43. The topological polar surface area (TPSA) is 113 Å². The summed E-state index contributed by atoms with van der Waals surface area (Å²) in [6.07, 6.45) is 5.69. The Morgan fingerprint density at radius 3 is 2.68 bits per heavy atom. The van der Waals surface area contributed by atoms with Crippen LogP contribution in [0.15, 0.2) is 24.3 Å². The van der Waals surface area contributed by atoms with Gasteiger partial charge in [0, 0.05) is 26.7 Å². The summed E-state index contributed by atoms with van der Waals surface area (Å²) in [7, 11) is 1.77. The van der Waals surface area contributed by atoms with Crippen LogP contribution in [0.25, 0.3) is 0 Å². The third-order valence-electron chi connectivity index (χ3n) is 6.12. The highest BCUT2D eigenvalue weighted by Gasteiger charge is 2.31. The smallest absolute Gasteiger partial charge is 0.288 e. The van der Waals surface area contributed by atoms with Crippen molar-refractivity contribution in [3.8, 4) is 5.75 Å². The van der Waals surface area contributed by atoms with E-state index in [9.17, 15) is 9.59 Å². The molecule has 1 fully saturated rings. The van der Waals surface area contributed by atoms with Crippen LogP contribution in [0.3, 0.4) is 0 Å². The highest BCUT2D eigenvalue weighted by Crippen LogP contribution is 2.35. The molecule has 0 spiro atoms. The molecule has 9 nitrogen and oxygen atoms in total. The number of primary amides is 1. The second kappa shape index (κ2) is 9.47. The molecule has 5 rings (SSSR count). The lowest BCUT2D eigenvalue weighted by atomic mass is 9.87. The molecule has 4 heterocycles. The van der Waals surface area contributed by atoms with Crippen LogP contribution in [0.2, 0.25) is 0 Å². The molecule has 0 bridgehead atoms. The third kappa shape index (κ3) is 4.71. The molecule has 0 aliphatic carbocycles. The highest BCUT2D eigenvalue weighted by atomic mass is 16.5. The standard InChI is InChI=1S/C12H18N4O2.C10H11NO2/c13-11(17)12-14-10-3-1-2-9(16(10)15-12)8-4-6-18-7-5-8;1-11-8-4-2-3-5-9(8)13-7-6-10(11)12/h8-9H,1-7H2,(H2,13,17);2-5H,6-7H2,1H3. The van der Waals surface area contributed by atoms with Gasteiger partial charge in [0.05, 0.1) is 24.8 Å². The van der Waals surface area contributed by atoms with E-state index in [1.807, 2.05) is 28.9 Å². The van der Waals surface area contributed by atoms with Gasteiger partial charge >= 0.3 is 0 Å². The molecule has 1 unspecified atom stereocenters. The summed E-state index contributed by atoms with van der Waals surface area (Å²) >= 11 is 0. The van der Waals surface area contributed by atoms with Gasteiger partial charge in [-0.1, -0.05) is 12.1 Å². The zero-order valence-electron chi connectivity index (χ0n) is 17.8. The van der Waals surface area contributed by atoms with E-state index in [1.54, 1.807) is 11.9 Å². The fourth-order valence-electron chi connectivity index (χ4n) is 4.43. The molecule has 9 heteroatoms. The number of aryl methyl sites for hydroxylation is 1. The number of rotatable bonds is 2. The van der Waals surface area contributed by atoms with Crippen LogP contribution in [-0.2, 0) is 16.0 Å². The number of para-hydroxylation sites is 2. The van der Waals surface area contributed by atoms with Crippen LogP contribution < -0.4 is 15.4 Å². The zero-order valence-corrected chi connectivity index (χ0v) is 17.8. The first-order valence-electron chi connectivity index (χ1n) is 10.9. The quantitative estimate of drug-likeness (QED) is 0.785. The number of carbonyl (C=O) groups is 2. The van der Waals surface area contributed by atoms with Crippen molar-refractivity contribution in [3.05, 3.63) is 35.9 Å². The molecule has 0 saturated carbocycles. The SMILES string of the molecule is CN1C(=O)CCOc2ccccc21.NC(=O)c1nc2n(n1)C(C1CCOCC1)CCC2. The van der Waals surface area contributed by atoms with E-state index in [1.165, 1.54) is 0 Å². The van der Waals surface area contributed by atoms with E-state index < -0.39 is 5.91 Å². The first-order valence-corrected chi connectivity index (χ1v) is 10.9. The minimum absolute atomic E-state index is 0.102. The molecular formula is C22H29N5O4. The first kappa shape index (κ1) is 21.3. The van der Waals surface area contributed by atoms with Gasteiger partial charge in [-0.25, -0.2) is 9.67 Å². The van der Waals surface area contributed by atoms with Crippen LogP contribution in [0, 0.1) is 5.92 Å². The molecule has 1 atom stereocenters. The van der Waals surface area contributed by atoms with Crippen LogP contribution >= 0.6 is 0 Å². The maximum absolute atomic E-state index is 11.4. The van der Waals surface area contributed by atoms with Gasteiger partial charge in [0.15, 0.2) is 0 Å².